The van der Waals surface area contributed by atoms with Gasteiger partial charge in [-0.15, -0.1) is 0 Å². The highest BCUT2D eigenvalue weighted by molar-refractivity contribution is 7.45. The molecule has 0 aliphatic carbocycles. The second-order valence-electron chi connectivity index (χ2n) is 1.03. The van der Waals surface area contributed by atoms with Crippen LogP contribution in [0.4, 0.5) is 0 Å². The van der Waals surface area contributed by atoms with Crippen molar-refractivity contribution in [1.29, 1.82) is 0 Å². The maximum absolute atomic E-state index is 8.88. The molecule has 0 heterocycles. The van der Waals surface area contributed by atoms with E-state index in [2.05, 4.69) is 0 Å². The summed E-state index contributed by atoms with van der Waals surface area (Å²) in [6, 6.07) is 0. The zero-order valence-corrected chi connectivity index (χ0v) is 8.30. The molecule has 0 unspecified atom stereocenters. The van der Waals surface area contributed by atoms with Gasteiger partial charge in [0.25, 0.3) is 0 Å². The molecule has 0 aromatic rings. The van der Waals surface area contributed by atoms with Gasteiger partial charge in [0.1, 0.15) is 0 Å². The van der Waals surface area contributed by atoms with Gasteiger partial charge in [-0.3, -0.25) is 0 Å². The summed E-state index contributed by atoms with van der Waals surface area (Å²) in [5, 5.41) is 0. The second kappa shape index (κ2) is 10.2. The van der Waals surface area contributed by atoms with E-state index in [1.165, 1.54) is 0 Å². The van der Waals surface area contributed by atoms with E-state index in [0.717, 1.165) is 0 Å². The van der Waals surface area contributed by atoms with Crippen molar-refractivity contribution in [2.45, 2.75) is 0 Å². The molecule has 0 atom stereocenters. The third kappa shape index (κ3) is 123000. The monoisotopic (exact) mass is 247 g/mol. The van der Waals surface area contributed by atoms with E-state index in [1.807, 2.05) is 0 Å². The van der Waals surface area contributed by atoms with E-state index in [4.69, 9.17) is 38.5 Å². The van der Waals surface area contributed by atoms with Gasteiger partial charge in [0, 0.05) is 0 Å². The summed E-state index contributed by atoms with van der Waals surface area (Å²) in [4.78, 5) is 43.1. The summed E-state index contributed by atoms with van der Waals surface area (Å²) in [6.07, 6.45) is 0. The van der Waals surface area contributed by atoms with Crippen LogP contribution in [0.25, 0.3) is 0 Å². The molecule has 13 heavy (non-hydrogen) atoms. The minimum Gasteiger partial charge on any atom is -0.344 e. The fourth-order valence-corrected chi connectivity index (χ4v) is 0. The summed E-state index contributed by atoms with van der Waals surface area (Å²) >= 11 is 0. The van der Waals surface area contributed by atoms with Gasteiger partial charge in [-0.05, 0) is 0 Å². The Balaban J connectivity index is -0.0000000267. The van der Waals surface area contributed by atoms with Crippen molar-refractivity contribution in [3.05, 3.63) is 0 Å². The average Bonchev–Trinajstić information content (AvgIpc) is 1.12. The Bertz CT molecular complexity index is 130. The van der Waals surface area contributed by atoms with Crippen LogP contribution in [-0.4, -0.2) is 29.4 Å². The van der Waals surface area contributed by atoms with Crippen LogP contribution in [0.3, 0.4) is 0 Å². The Labute approximate surface area is 73.7 Å². The molecule has 0 aromatic heterocycles. The lowest BCUT2D eigenvalue weighted by atomic mass is 14.0. The summed E-state index contributed by atoms with van der Waals surface area (Å²) < 4.78 is 17.8. The first-order valence-corrected chi connectivity index (χ1v) is 4.70. The van der Waals surface area contributed by atoms with Gasteiger partial charge in [-0.25, -0.2) is 9.13 Å². The van der Waals surface area contributed by atoms with Crippen LogP contribution in [0.1, 0.15) is 0 Å². The first-order valence-electron chi connectivity index (χ1n) is 1.57. The summed E-state index contributed by atoms with van der Waals surface area (Å²) in [5.41, 5.74) is 0. The average molecular weight is 247 g/mol. The van der Waals surface area contributed by atoms with Gasteiger partial charge in [0.05, 0.1) is 0 Å². The zero-order chi connectivity index (χ0) is 9.00. The Morgan fingerprint density at radius 1 is 0.538 bits per heavy atom. The third-order valence-corrected chi connectivity index (χ3v) is 0. The molecule has 0 rings (SSSR count). The number of rotatable bonds is 0. The summed E-state index contributed by atoms with van der Waals surface area (Å²) in [6.45, 7) is 0. The van der Waals surface area contributed by atoms with Crippen LogP contribution in [0.5, 0.6) is 0 Å². The molecule has 15 N–H and O–H groups in total. The highest BCUT2D eigenvalue weighted by atomic mass is 31.2. The zero-order valence-electron chi connectivity index (χ0n) is 6.52. The van der Waals surface area contributed by atoms with Gasteiger partial charge < -0.3 is 47.8 Å². The smallest absolute Gasteiger partial charge is 0.344 e. The van der Waals surface area contributed by atoms with E-state index in [0.29, 0.717) is 0 Å². The highest BCUT2D eigenvalue weighted by Crippen LogP contribution is 2.26. The van der Waals surface area contributed by atoms with Gasteiger partial charge in [0.15, 0.2) is 0 Å². The van der Waals surface area contributed by atoms with Crippen LogP contribution in [0, 0.1) is 0 Å². The van der Waals surface area contributed by atoms with Gasteiger partial charge in [0.2, 0.25) is 0 Å². The van der Waals surface area contributed by atoms with Crippen molar-refractivity contribution in [3.8, 4) is 0 Å². The van der Waals surface area contributed by atoms with Gasteiger partial charge in [-0.2, -0.15) is 0 Å². The van der Waals surface area contributed by atoms with Crippen molar-refractivity contribution < 1.29 is 38.5 Å². The Morgan fingerprint density at radius 2 is 0.538 bits per heavy atom. The molecule has 88 valence electrons. The molecular formula is H15N3O8P2. The summed E-state index contributed by atoms with van der Waals surface area (Å²) in [5.74, 6) is 0. The predicted octanol–water partition coefficient (Wildman–Crippen LogP) is -1.37. The maximum Gasteiger partial charge on any atom is 0.466 e. The van der Waals surface area contributed by atoms with Crippen molar-refractivity contribution in [3.63, 3.8) is 0 Å². The van der Waals surface area contributed by atoms with Crippen molar-refractivity contribution in [2.24, 2.45) is 0 Å². The molecule has 0 amide bonds. The fraction of sp³-hybridized carbons (Fsp3) is 0. The molecule has 0 aliphatic rings. The largest absolute Gasteiger partial charge is 0.466 e. The van der Waals surface area contributed by atoms with Crippen LogP contribution in [0.15, 0.2) is 0 Å². The molecule has 0 spiro atoms. The minimum absolute atomic E-state index is 0. The quantitative estimate of drug-likeness (QED) is 0.225. The van der Waals surface area contributed by atoms with Crippen molar-refractivity contribution >= 4 is 15.6 Å². The molecular weight excluding hydrogens is 232 g/mol. The maximum atomic E-state index is 8.88. The number of hydrogen-bond donors (Lipinski definition) is 9. The molecule has 0 aliphatic heterocycles. The topological polar surface area (TPSA) is 261 Å². The fourth-order valence-electron chi connectivity index (χ4n) is 0. The van der Waals surface area contributed by atoms with Crippen molar-refractivity contribution in [1.82, 2.24) is 18.5 Å². The lowest BCUT2D eigenvalue weighted by Crippen LogP contribution is -1.66. The first-order chi connectivity index (χ1) is 4.00. The molecule has 0 saturated carbocycles. The molecule has 0 bridgehead atoms. The molecule has 0 radical (unpaired) electrons. The number of hydrogen-bond acceptors (Lipinski definition) is 5. The van der Waals surface area contributed by atoms with E-state index in [9.17, 15) is 0 Å². The van der Waals surface area contributed by atoms with E-state index >= 15 is 0 Å². The third-order valence-electron chi connectivity index (χ3n) is 0. The SMILES string of the molecule is N.N.N.O=P(O)(O)O.O=P(O)(O)O. The van der Waals surface area contributed by atoms with E-state index in [1.54, 1.807) is 0 Å². The standard InChI is InChI=1S/3H3N.2H3O4P/c;;;2*1-5(2,3)4/h3*1H3;2*(H3,1,2,3,4). The number of phosphoric acid groups is 2. The lowest BCUT2D eigenvalue weighted by Gasteiger charge is -1.82. The molecule has 0 fully saturated rings. The summed E-state index contributed by atoms with van der Waals surface area (Å²) in [7, 11) is -9.28. The van der Waals surface area contributed by atoms with E-state index < -0.39 is 15.6 Å². The van der Waals surface area contributed by atoms with Gasteiger partial charge in [-0.1, -0.05) is 0 Å². The Hall–Kier alpha value is 0.1000. The molecule has 0 saturated heterocycles. The Kier molecular flexibility index (Phi) is 22.9. The van der Waals surface area contributed by atoms with Crippen LogP contribution >= 0.6 is 15.6 Å². The molecule has 13 heteroatoms. The first kappa shape index (κ1) is 29.2. The van der Waals surface area contributed by atoms with Crippen LogP contribution in [-0.2, 0) is 9.13 Å². The molecule has 0 aromatic carbocycles. The normalized spacial score (nSPS) is 9.08. The van der Waals surface area contributed by atoms with Gasteiger partial charge >= 0.3 is 15.6 Å². The lowest BCUT2D eigenvalue weighted by molar-refractivity contribution is 0.272. The van der Waals surface area contributed by atoms with Crippen molar-refractivity contribution in [2.75, 3.05) is 0 Å². The van der Waals surface area contributed by atoms with Crippen LogP contribution in [0.2, 0.25) is 0 Å². The minimum atomic E-state index is -4.64. The highest BCUT2D eigenvalue weighted by Gasteiger charge is 2.00. The predicted molar refractivity (Wildman–Crippen MR) is 43.6 cm³/mol. The van der Waals surface area contributed by atoms with Crippen LogP contribution < -0.4 is 18.5 Å². The van der Waals surface area contributed by atoms with E-state index in [-0.39, 0.29) is 18.5 Å². The Morgan fingerprint density at radius 3 is 0.538 bits per heavy atom. The second-order valence-corrected chi connectivity index (χ2v) is 3.08. The molecule has 11 nitrogen and oxygen atoms in total.